The van der Waals surface area contributed by atoms with Crippen molar-refractivity contribution in [2.24, 2.45) is 0 Å². The van der Waals surface area contributed by atoms with E-state index in [0.717, 1.165) is 25.7 Å². The lowest BCUT2D eigenvalue weighted by atomic mass is 10.2. The summed E-state index contributed by atoms with van der Waals surface area (Å²) in [4.78, 5) is 22.5. The Morgan fingerprint density at radius 1 is 1.19 bits per heavy atom. The molecule has 0 bridgehead atoms. The summed E-state index contributed by atoms with van der Waals surface area (Å²) in [6.45, 7) is 4.44. The molecular weight excluding hydrogens is 208 g/mol. The number of aliphatic hydroxyl groups is 1. The van der Waals surface area contributed by atoms with Crippen LogP contribution in [0.3, 0.4) is 0 Å². The van der Waals surface area contributed by atoms with Gasteiger partial charge in [-0.3, -0.25) is 9.59 Å². The van der Waals surface area contributed by atoms with Gasteiger partial charge in [-0.1, -0.05) is 6.92 Å². The predicted molar refractivity (Wildman–Crippen MR) is 61.8 cm³/mol. The van der Waals surface area contributed by atoms with E-state index < -0.39 is 11.8 Å². The number of aliphatic hydroxyl groups excluding tert-OH is 1. The van der Waals surface area contributed by atoms with Gasteiger partial charge in [0, 0.05) is 19.2 Å². The maximum Gasteiger partial charge on any atom is 0.309 e. The van der Waals surface area contributed by atoms with Crippen LogP contribution in [0.2, 0.25) is 0 Å². The van der Waals surface area contributed by atoms with E-state index in [1.165, 1.54) is 0 Å². The second kappa shape index (κ2) is 9.15. The van der Waals surface area contributed by atoms with Crippen molar-refractivity contribution in [2.45, 2.75) is 45.6 Å². The summed E-state index contributed by atoms with van der Waals surface area (Å²) in [5.41, 5.74) is 0. The Balaban J connectivity index is 3.59. The first-order valence-electron chi connectivity index (χ1n) is 5.81. The molecule has 0 aliphatic heterocycles. The lowest BCUT2D eigenvalue weighted by Crippen LogP contribution is -2.43. The number of hydrogen-bond acceptors (Lipinski definition) is 3. The van der Waals surface area contributed by atoms with Crippen LogP contribution < -0.4 is 10.6 Å². The molecule has 0 fully saturated rings. The van der Waals surface area contributed by atoms with Crippen molar-refractivity contribution in [3.63, 3.8) is 0 Å². The van der Waals surface area contributed by atoms with Gasteiger partial charge in [-0.25, -0.2) is 0 Å². The van der Waals surface area contributed by atoms with Gasteiger partial charge in [0.15, 0.2) is 0 Å². The largest absolute Gasteiger partial charge is 0.396 e. The zero-order valence-corrected chi connectivity index (χ0v) is 10.1. The van der Waals surface area contributed by atoms with E-state index >= 15 is 0 Å². The maximum absolute atomic E-state index is 11.3. The highest BCUT2D eigenvalue weighted by Crippen LogP contribution is 1.92. The van der Waals surface area contributed by atoms with E-state index in [1.807, 2.05) is 13.8 Å². The van der Waals surface area contributed by atoms with Crippen molar-refractivity contribution in [3.8, 4) is 0 Å². The Bertz CT molecular complexity index is 219. The van der Waals surface area contributed by atoms with E-state index in [0.29, 0.717) is 6.54 Å². The number of amides is 2. The van der Waals surface area contributed by atoms with E-state index in [2.05, 4.69) is 10.6 Å². The predicted octanol–water partition coefficient (Wildman–Crippen LogP) is 0.180. The summed E-state index contributed by atoms with van der Waals surface area (Å²) in [5.74, 6) is -1.15. The van der Waals surface area contributed by atoms with Crippen LogP contribution in [-0.2, 0) is 9.59 Å². The molecule has 0 radical (unpaired) electrons. The first-order chi connectivity index (χ1) is 7.61. The SMILES string of the molecule is CC[C@H](C)NC(=O)C(=O)NCCCCCO. The van der Waals surface area contributed by atoms with Gasteiger partial charge in [-0.2, -0.15) is 0 Å². The van der Waals surface area contributed by atoms with E-state index in [9.17, 15) is 9.59 Å². The van der Waals surface area contributed by atoms with Gasteiger partial charge in [-0.15, -0.1) is 0 Å². The minimum Gasteiger partial charge on any atom is -0.396 e. The third-order valence-corrected chi connectivity index (χ3v) is 2.32. The lowest BCUT2D eigenvalue weighted by molar-refractivity contribution is -0.139. The molecule has 16 heavy (non-hydrogen) atoms. The van der Waals surface area contributed by atoms with Crippen LogP contribution in [0.15, 0.2) is 0 Å². The van der Waals surface area contributed by atoms with Crippen LogP contribution in [-0.4, -0.2) is 36.1 Å². The molecule has 2 amide bonds. The first kappa shape index (κ1) is 14.9. The van der Waals surface area contributed by atoms with Crippen molar-refractivity contribution in [1.82, 2.24) is 10.6 Å². The molecule has 1 atom stereocenters. The average Bonchev–Trinajstić information content (AvgIpc) is 2.28. The van der Waals surface area contributed by atoms with Gasteiger partial charge in [0.1, 0.15) is 0 Å². The van der Waals surface area contributed by atoms with Crippen LogP contribution in [0.5, 0.6) is 0 Å². The van der Waals surface area contributed by atoms with Gasteiger partial charge < -0.3 is 15.7 Å². The topological polar surface area (TPSA) is 78.4 Å². The lowest BCUT2D eigenvalue weighted by Gasteiger charge is -2.10. The fourth-order valence-corrected chi connectivity index (χ4v) is 1.09. The second-order valence-corrected chi connectivity index (χ2v) is 3.82. The van der Waals surface area contributed by atoms with Crippen LogP contribution in [0.4, 0.5) is 0 Å². The third kappa shape index (κ3) is 7.23. The maximum atomic E-state index is 11.3. The molecule has 0 aromatic rings. The average molecular weight is 230 g/mol. The summed E-state index contributed by atoms with van der Waals surface area (Å²) < 4.78 is 0. The van der Waals surface area contributed by atoms with Gasteiger partial charge in [0.2, 0.25) is 0 Å². The van der Waals surface area contributed by atoms with Gasteiger partial charge in [0.05, 0.1) is 0 Å². The monoisotopic (exact) mass is 230 g/mol. The summed E-state index contributed by atoms with van der Waals surface area (Å²) in [6, 6.07) is 0.0210. The minimum atomic E-state index is -0.579. The smallest absolute Gasteiger partial charge is 0.309 e. The number of nitrogens with one attached hydrogen (secondary N) is 2. The van der Waals surface area contributed by atoms with Gasteiger partial charge in [0.25, 0.3) is 0 Å². The number of rotatable bonds is 7. The molecule has 0 rings (SSSR count). The Labute approximate surface area is 96.6 Å². The summed E-state index contributed by atoms with van der Waals surface area (Å²) in [6.07, 6.45) is 3.16. The summed E-state index contributed by atoms with van der Waals surface area (Å²) >= 11 is 0. The number of carbonyl (C=O) groups excluding carboxylic acids is 2. The molecule has 0 aromatic heterocycles. The van der Waals surface area contributed by atoms with Crippen LogP contribution in [0, 0.1) is 0 Å². The fraction of sp³-hybridized carbons (Fsp3) is 0.818. The summed E-state index contributed by atoms with van der Waals surface area (Å²) in [5, 5.41) is 13.7. The molecule has 5 heteroatoms. The Kier molecular flexibility index (Phi) is 8.52. The second-order valence-electron chi connectivity index (χ2n) is 3.82. The molecule has 0 aliphatic carbocycles. The molecule has 3 N–H and O–H groups in total. The molecule has 0 saturated heterocycles. The molecule has 0 saturated carbocycles. The molecule has 0 aliphatic rings. The highest BCUT2D eigenvalue weighted by atomic mass is 16.3. The van der Waals surface area contributed by atoms with Crippen molar-refractivity contribution in [2.75, 3.05) is 13.2 Å². The zero-order valence-electron chi connectivity index (χ0n) is 10.1. The molecule has 0 heterocycles. The zero-order chi connectivity index (χ0) is 12.4. The fourth-order valence-electron chi connectivity index (χ4n) is 1.09. The first-order valence-corrected chi connectivity index (χ1v) is 5.81. The molecule has 94 valence electrons. The van der Waals surface area contributed by atoms with Crippen LogP contribution in [0.1, 0.15) is 39.5 Å². The van der Waals surface area contributed by atoms with E-state index in [-0.39, 0.29) is 12.6 Å². The number of hydrogen-bond donors (Lipinski definition) is 3. The quantitative estimate of drug-likeness (QED) is 0.431. The van der Waals surface area contributed by atoms with Gasteiger partial charge >= 0.3 is 11.8 Å². The van der Waals surface area contributed by atoms with Gasteiger partial charge in [-0.05, 0) is 32.6 Å². The Hall–Kier alpha value is -1.10. The van der Waals surface area contributed by atoms with Crippen LogP contribution in [0.25, 0.3) is 0 Å². The normalized spacial score (nSPS) is 11.9. The molecule has 5 nitrogen and oxygen atoms in total. The van der Waals surface area contributed by atoms with Crippen molar-refractivity contribution in [3.05, 3.63) is 0 Å². The van der Waals surface area contributed by atoms with E-state index in [1.54, 1.807) is 0 Å². The third-order valence-electron chi connectivity index (χ3n) is 2.32. The number of unbranched alkanes of at least 4 members (excludes halogenated alkanes) is 2. The highest BCUT2D eigenvalue weighted by Gasteiger charge is 2.13. The van der Waals surface area contributed by atoms with Crippen molar-refractivity contribution in [1.29, 1.82) is 0 Å². The van der Waals surface area contributed by atoms with Crippen molar-refractivity contribution < 1.29 is 14.7 Å². The molecule has 0 spiro atoms. The van der Waals surface area contributed by atoms with E-state index in [4.69, 9.17) is 5.11 Å². The minimum absolute atomic E-state index is 0.0210. The number of carbonyl (C=O) groups is 2. The van der Waals surface area contributed by atoms with Crippen molar-refractivity contribution >= 4 is 11.8 Å². The highest BCUT2D eigenvalue weighted by molar-refractivity contribution is 6.35. The molecular formula is C11H22N2O3. The molecule has 0 unspecified atom stereocenters. The molecule has 0 aromatic carbocycles. The Morgan fingerprint density at radius 3 is 2.44 bits per heavy atom. The standard InChI is InChI=1S/C11H22N2O3/c1-3-9(2)13-11(16)10(15)12-7-5-4-6-8-14/h9,14H,3-8H2,1-2H3,(H,12,15)(H,13,16)/t9-/m0/s1. The summed E-state index contributed by atoms with van der Waals surface area (Å²) in [7, 11) is 0. The van der Waals surface area contributed by atoms with Crippen LogP contribution >= 0.6 is 0 Å². The Morgan fingerprint density at radius 2 is 1.88 bits per heavy atom.